The molecule has 0 saturated carbocycles. The van der Waals surface area contributed by atoms with Gasteiger partial charge in [-0.3, -0.25) is 4.79 Å². The average Bonchev–Trinajstić information content (AvgIpc) is 3.16. The molecule has 6 nitrogen and oxygen atoms in total. The van der Waals surface area contributed by atoms with Crippen LogP contribution in [0.25, 0.3) is 11.3 Å². The molecule has 1 amide bonds. The molecule has 0 aliphatic heterocycles. The Bertz CT molecular complexity index is 1090. The van der Waals surface area contributed by atoms with E-state index in [9.17, 15) is 22.8 Å². The van der Waals surface area contributed by atoms with E-state index in [1.54, 1.807) is 24.3 Å². The number of rotatable bonds is 6. The van der Waals surface area contributed by atoms with E-state index >= 15 is 0 Å². The van der Waals surface area contributed by atoms with Crippen molar-refractivity contribution < 1.29 is 32.3 Å². The van der Waals surface area contributed by atoms with E-state index in [1.807, 2.05) is 0 Å². The number of benzene rings is 2. The summed E-state index contributed by atoms with van der Waals surface area (Å²) < 4.78 is 43.7. The van der Waals surface area contributed by atoms with Gasteiger partial charge in [-0.05, 0) is 35.9 Å². The van der Waals surface area contributed by atoms with E-state index in [2.05, 4.69) is 10.5 Å². The van der Waals surface area contributed by atoms with Gasteiger partial charge in [0, 0.05) is 5.56 Å². The van der Waals surface area contributed by atoms with Crippen molar-refractivity contribution in [3.8, 4) is 11.3 Å². The van der Waals surface area contributed by atoms with Crippen LogP contribution in [0, 0.1) is 0 Å². The Morgan fingerprint density at radius 1 is 1.07 bits per heavy atom. The third-order valence-corrected chi connectivity index (χ3v) is 4.04. The van der Waals surface area contributed by atoms with Crippen molar-refractivity contribution in [2.45, 2.75) is 12.6 Å². The van der Waals surface area contributed by atoms with Gasteiger partial charge in [0.15, 0.2) is 0 Å². The van der Waals surface area contributed by atoms with Gasteiger partial charge in [-0.1, -0.05) is 30.3 Å². The topological polar surface area (TPSA) is 91.9 Å². The second-order valence-electron chi connectivity index (χ2n) is 6.25. The molecule has 0 saturated heterocycles. The highest BCUT2D eigenvalue weighted by Gasteiger charge is 2.30. The van der Waals surface area contributed by atoms with Crippen molar-refractivity contribution in [1.29, 1.82) is 0 Å². The van der Waals surface area contributed by atoms with E-state index in [0.717, 1.165) is 12.1 Å². The number of carboxylic acid groups (broad SMARTS) is 1. The lowest BCUT2D eigenvalue weighted by molar-refractivity contribution is -0.137. The summed E-state index contributed by atoms with van der Waals surface area (Å²) in [4.78, 5) is 22.8. The number of hydrogen-bond donors (Lipinski definition) is 2. The van der Waals surface area contributed by atoms with Crippen molar-refractivity contribution in [2.24, 2.45) is 5.10 Å². The predicted octanol–water partition coefficient (Wildman–Crippen LogP) is 4.36. The zero-order valence-corrected chi connectivity index (χ0v) is 15.3. The lowest BCUT2D eigenvalue weighted by Crippen LogP contribution is -2.20. The molecule has 0 spiro atoms. The molecule has 3 aromatic rings. The second-order valence-corrected chi connectivity index (χ2v) is 6.25. The number of hydrogen-bond acceptors (Lipinski definition) is 4. The molecule has 0 aliphatic carbocycles. The Kier molecular flexibility index (Phi) is 6.01. The fraction of sp³-hybridized carbons (Fsp3) is 0.0952. The maximum Gasteiger partial charge on any atom is 0.416 e. The van der Waals surface area contributed by atoms with Crippen LogP contribution in [0.3, 0.4) is 0 Å². The quantitative estimate of drug-likeness (QED) is 0.462. The van der Waals surface area contributed by atoms with Crippen LogP contribution in [-0.2, 0) is 17.4 Å². The van der Waals surface area contributed by atoms with Crippen molar-refractivity contribution >= 4 is 18.1 Å². The molecular weight excluding hydrogens is 401 g/mol. The molecule has 2 aromatic carbocycles. The first-order valence-corrected chi connectivity index (χ1v) is 8.64. The van der Waals surface area contributed by atoms with Crippen LogP contribution < -0.4 is 5.43 Å². The Labute approximate surface area is 168 Å². The summed E-state index contributed by atoms with van der Waals surface area (Å²) in [6.45, 7) is 0. The molecule has 0 radical (unpaired) electrons. The SMILES string of the molecule is O=C(Cc1cccc(C(F)(F)F)c1)NN=Cc1ccc(-c2ccc(C(=O)O)cc2)o1. The number of furan rings is 1. The molecule has 2 N–H and O–H groups in total. The minimum absolute atomic E-state index is 0.149. The summed E-state index contributed by atoms with van der Waals surface area (Å²) >= 11 is 0. The number of nitrogens with zero attached hydrogens (tertiary/aromatic N) is 1. The highest BCUT2D eigenvalue weighted by Crippen LogP contribution is 2.29. The summed E-state index contributed by atoms with van der Waals surface area (Å²) in [5, 5.41) is 12.6. The van der Waals surface area contributed by atoms with Gasteiger partial charge < -0.3 is 9.52 Å². The average molecular weight is 416 g/mol. The van der Waals surface area contributed by atoms with Crippen LogP contribution in [0.2, 0.25) is 0 Å². The van der Waals surface area contributed by atoms with Gasteiger partial charge in [0.05, 0.1) is 23.8 Å². The maximum atomic E-state index is 12.7. The van der Waals surface area contributed by atoms with Crippen LogP contribution in [0.4, 0.5) is 13.2 Å². The molecule has 0 fully saturated rings. The number of carboxylic acids is 1. The summed E-state index contributed by atoms with van der Waals surface area (Å²) in [7, 11) is 0. The number of carbonyl (C=O) groups excluding carboxylic acids is 1. The minimum atomic E-state index is -4.48. The first-order valence-electron chi connectivity index (χ1n) is 8.64. The fourth-order valence-corrected chi connectivity index (χ4v) is 2.60. The fourth-order valence-electron chi connectivity index (χ4n) is 2.60. The number of alkyl halides is 3. The molecule has 30 heavy (non-hydrogen) atoms. The minimum Gasteiger partial charge on any atom is -0.478 e. The standard InChI is InChI=1S/C21H15F3N2O4/c22-21(23,24)16-3-1-2-13(10-16)11-19(27)26-25-12-17-8-9-18(30-17)14-4-6-15(7-5-14)20(28)29/h1-10,12H,11H2,(H,26,27)(H,28,29). The lowest BCUT2D eigenvalue weighted by Gasteiger charge is -2.08. The monoisotopic (exact) mass is 416 g/mol. The molecule has 1 aromatic heterocycles. The summed E-state index contributed by atoms with van der Waals surface area (Å²) in [5.41, 5.74) is 2.43. The van der Waals surface area contributed by atoms with E-state index in [4.69, 9.17) is 9.52 Å². The van der Waals surface area contributed by atoms with E-state index in [0.29, 0.717) is 17.1 Å². The third-order valence-electron chi connectivity index (χ3n) is 4.04. The van der Waals surface area contributed by atoms with Gasteiger partial charge in [-0.25, -0.2) is 10.2 Å². The van der Waals surface area contributed by atoms with E-state index < -0.39 is 23.6 Å². The van der Waals surface area contributed by atoms with Gasteiger partial charge in [-0.15, -0.1) is 0 Å². The normalized spacial score (nSPS) is 11.6. The highest BCUT2D eigenvalue weighted by atomic mass is 19.4. The van der Waals surface area contributed by atoms with Gasteiger partial charge in [0.1, 0.15) is 11.5 Å². The number of halogens is 3. The van der Waals surface area contributed by atoms with Crippen LogP contribution >= 0.6 is 0 Å². The molecule has 9 heteroatoms. The Morgan fingerprint density at radius 2 is 1.80 bits per heavy atom. The number of carbonyl (C=O) groups is 2. The van der Waals surface area contributed by atoms with Crippen LogP contribution in [0.5, 0.6) is 0 Å². The smallest absolute Gasteiger partial charge is 0.416 e. The van der Waals surface area contributed by atoms with E-state index in [-0.39, 0.29) is 17.5 Å². The van der Waals surface area contributed by atoms with E-state index in [1.165, 1.54) is 30.5 Å². The molecule has 0 aliphatic rings. The van der Waals surface area contributed by atoms with Gasteiger partial charge in [-0.2, -0.15) is 18.3 Å². The summed E-state index contributed by atoms with van der Waals surface area (Å²) in [6, 6.07) is 13.9. The van der Waals surface area contributed by atoms with Crippen LogP contribution in [-0.4, -0.2) is 23.2 Å². The predicted molar refractivity (Wildman–Crippen MR) is 102 cm³/mol. The zero-order chi connectivity index (χ0) is 21.7. The molecule has 154 valence electrons. The number of hydrazone groups is 1. The van der Waals surface area contributed by atoms with Crippen LogP contribution in [0.1, 0.15) is 27.2 Å². The molecule has 0 atom stereocenters. The molecule has 0 bridgehead atoms. The van der Waals surface area contributed by atoms with Crippen molar-refractivity contribution in [2.75, 3.05) is 0 Å². The molecule has 3 rings (SSSR count). The van der Waals surface area contributed by atoms with Crippen molar-refractivity contribution in [1.82, 2.24) is 5.43 Å². The highest BCUT2D eigenvalue weighted by molar-refractivity contribution is 5.88. The number of aromatic carboxylic acids is 1. The Hall–Kier alpha value is -3.88. The largest absolute Gasteiger partial charge is 0.478 e. The zero-order valence-electron chi connectivity index (χ0n) is 15.3. The Balaban J connectivity index is 1.58. The molecule has 1 heterocycles. The van der Waals surface area contributed by atoms with Gasteiger partial charge in [0.2, 0.25) is 5.91 Å². The Morgan fingerprint density at radius 3 is 2.47 bits per heavy atom. The van der Waals surface area contributed by atoms with Crippen LogP contribution in [0.15, 0.2) is 70.2 Å². The first-order chi connectivity index (χ1) is 14.2. The van der Waals surface area contributed by atoms with Gasteiger partial charge >= 0.3 is 12.1 Å². The molecular formula is C21H15F3N2O4. The van der Waals surface area contributed by atoms with Gasteiger partial charge in [0.25, 0.3) is 0 Å². The first kappa shape index (κ1) is 20.8. The maximum absolute atomic E-state index is 12.7. The summed E-state index contributed by atoms with van der Waals surface area (Å²) in [6.07, 6.45) is -3.49. The third kappa shape index (κ3) is 5.34. The van der Waals surface area contributed by atoms with Crippen molar-refractivity contribution in [3.63, 3.8) is 0 Å². The number of nitrogens with one attached hydrogen (secondary N) is 1. The molecule has 0 unspecified atom stereocenters. The second kappa shape index (κ2) is 8.64. The lowest BCUT2D eigenvalue weighted by atomic mass is 10.1. The number of amides is 1. The van der Waals surface area contributed by atoms with Crippen molar-refractivity contribution in [3.05, 3.63) is 83.1 Å². The summed E-state index contributed by atoms with van der Waals surface area (Å²) in [5.74, 6) is -0.813.